The molecule has 1 fully saturated rings. The molecule has 0 spiro atoms. The van der Waals surface area contributed by atoms with Crippen molar-refractivity contribution in [3.05, 3.63) is 0 Å². The molecule has 76 valence electrons. The second-order valence-electron chi connectivity index (χ2n) is 4.61. The van der Waals surface area contributed by atoms with Gasteiger partial charge in [-0.1, -0.05) is 0 Å². The van der Waals surface area contributed by atoms with Crippen LogP contribution in [0.15, 0.2) is 0 Å². The summed E-state index contributed by atoms with van der Waals surface area (Å²) in [6.45, 7) is 6.21. The Morgan fingerprint density at radius 1 is 1.31 bits per heavy atom. The Labute approximate surface area is 81.3 Å². The minimum absolute atomic E-state index is 0.342. The number of hydrogen-bond acceptors (Lipinski definition) is 2. The molecule has 1 rings (SSSR count). The van der Waals surface area contributed by atoms with Gasteiger partial charge >= 0.3 is 0 Å². The maximum absolute atomic E-state index is 11.0. The predicted octanol–water partition coefficient (Wildman–Crippen LogP) is 2.08. The molecule has 1 heterocycles. The Morgan fingerprint density at radius 2 is 1.77 bits per heavy atom. The molecule has 1 aliphatic rings. The number of Topliss-reactive ketones (excluding diaryl/α,β-unsaturated/α-hetero) is 1. The molecule has 0 aliphatic carbocycles. The first kappa shape index (κ1) is 10.7. The fourth-order valence-electron chi connectivity index (χ4n) is 2.40. The van der Waals surface area contributed by atoms with Crippen LogP contribution in [0.2, 0.25) is 0 Å². The zero-order chi connectivity index (χ0) is 10.0. The fraction of sp³-hybridized carbons (Fsp3) is 0.909. The van der Waals surface area contributed by atoms with E-state index in [0.29, 0.717) is 23.8 Å². The first-order valence-electron chi connectivity index (χ1n) is 5.22. The van der Waals surface area contributed by atoms with Crippen LogP contribution in [0.3, 0.4) is 0 Å². The van der Waals surface area contributed by atoms with E-state index in [-0.39, 0.29) is 0 Å². The van der Waals surface area contributed by atoms with Gasteiger partial charge in [0.15, 0.2) is 0 Å². The van der Waals surface area contributed by atoms with Crippen LogP contribution in [0.25, 0.3) is 0 Å². The van der Waals surface area contributed by atoms with Gasteiger partial charge in [-0.3, -0.25) is 0 Å². The highest BCUT2D eigenvalue weighted by molar-refractivity contribution is 5.75. The summed E-state index contributed by atoms with van der Waals surface area (Å²) in [5.74, 6) is 0.965. The van der Waals surface area contributed by atoms with Crippen LogP contribution in [-0.4, -0.2) is 29.8 Å². The topological polar surface area (TPSA) is 20.3 Å². The third-order valence-corrected chi connectivity index (χ3v) is 3.32. The van der Waals surface area contributed by atoms with Crippen LogP contribution in [-0.2, 0) is 4.79 Å². The van der Waals surface area contributed by atoms with Crippen LogP contribution >= 0.6 is 0 Å². The Morgan fingerprint density at radius 3 is 2.15 bits per heavy atom. The zero-order valence-electron chi connectivity index (χ0n) is 9.21. The van der Waals surface area contributed by atoms with E-state index in [0.717, 1.165) is 6.42 Å². The van der Waals surface area contributed by atoms with Gasteiger partial charge < -0.3 is 9.69 Å². The van der Waals surface area contributed by atoms with Gasteiger partial charge in [0.05, 0.1) is 0 Å². The maximum Gasteiger partial charge on any atom is 0.130 e. The molecule has 0 bridgehead atoms. The molecule has 2 heteroatoms. The largest absolute Gasteiger partial charge is 0.301 e. The average Bonchev–Trinajstić information content (AvgIpc) is 1.98. The normalized spacial score (nSPS) is 36.2. The molecule has 1 aliphatic heterocycles. The highest BCUT2D eigenvalue weighted by atomic mass is 16.1. The number of likely N-dealkylation sites (tertiary alicyclic amines) is 1. The van der Waals surface area contributed by atoms with Crippen molar-refractivity contribution in [2.45, 2.75) is 52.1 Å². The molecule has 13 heavy (non-hydrogen) atoms. The zero-order valence-corrected chi connectivity index (χ0v) is 9.21. The molecule has 0 radical (unpaired) electrons. The first-order chi connectivity index (χ1) is 6.00. The van der Waals surface area contributed by atoms with Crippen molar-refractivity contribution < 1.29 is 4.79 Å². The molecule has 0 aromatic heterocycles. The highest BCUT2D eigenvalue weighted by Gasteiger charge is 2.28. The molecule has 1 saturated heterocycles. The first-order valence-corrected chi connectivity index (χ1v) is 5.22. The predicted molar refractivity (Wildman–Crippen MR) is 54.7 cm³/mol. The van der Waals surface area contributed by atoms with Crippen molar-refractivity contribution >= 4 is 5.78 Å². The lowest BCUT2D eigenvalue weighted by molar-refractivity contribution is -0.118. The Hall–Kier alpha value is -0.370. The summed E-state index contributed by atoms with van der Waals surface area (Å²) >= 11 is 0. The van der Waals surface area contributed by atoms with E-state index in [4.69, 9.17) is 0 Å². The van der Waals surface area contributed by atoms with Gasteiger partial charge in [0.25, 0.3) is 0 Å². The second-order valence-corrected chi connectivity index (χ2v) is 4.61. The van der Waals surface area contributed by atoms with E-state index >= 15 is 0 Å². The number of hydrogen-bond donors (Lipinski definition) is 0. The Bertz CT molecular complexity index is 179. The van der Waals surface area contributed by atoms with Crippen LogP contribution in [0, 0.1) is 5.92 Å². The van der Waals surface area contributed by atoms with Gasteiger partial charge in [-0.2, -0.15) is 0 Å². The smallest absolute Gasteiger partial charge is 0.130 e. The number of carbonyl (C=O) groups excluding carboxylic acids is 1. The summed E-state index contributed by atoms with van der Waals surface area (Å²) in [5.41, 5.74) is 0. The molecule has 0 aromatic carbocycles. The van der Waals surface area contributed by atoms with E-state index in [1.54, 1.807) is 6.92 Å². The fourth-order valence-corrected chi connectivity index (χ4v) is 2.40. The van der Waals surface area contributed by atoms with Crippen molar-refractivity contribution in [2.75, 3.05) is 7.05 Å². The SMILES string of the molecule is CC(=O)CC1CC(C)N(C)C(C)C1. The summed E-state index contributed by atoms with van der Waals surface area (Å²) < 4.78 is 0. The molecule has 0 aromatic rings. The van der Waals surface area contributed by atoms with Crippen molar-refractivity contribution in [2.24, 2.45) is 5.92 Å². The maximum atomic E-state index is 11.0. The highest BCUT2D eigenvalue weighted by Crippen LogP contribution is 2.28. The van der Waals surface area contributed by atoms with E-state index < -0.39 is 0 Å². The quantitative estimate of drug-likeness (QED) is 0.653. The molecule has 2 unspecified atom stereocenters. The number of nitrogens with zero attached hydrogens (tertiary/aromatic N) is 1. The molecule has 0 saturated carbocycles. The lowest BCUT2D eigenvalue weighted by Crippen LogP contribution is -2.44. The van der Waals surface area contributed by atoms with Gasteiger partial charge in [0, 0.05) is 18.5 Å². The molecular formula is C11H21NO. The molecule has 2 nitrogen and oxygen atoms in total. The Balaban J connectivity index is 2.48. The van der Waals surface area contributed by atoms with Crippen molar-refractivity contribution in [1.82, 2.24) is 4.90 Å². The number of rotatable bonds is 2. The van der Waals surface area contributed by atoms with Gasteiger partial charge in [-0.05, 0) is 46.6 Å². The van der Waals surface area contributed by atoms with Crippen LogP contribution in [0.1, 0.15) is 40.0 Å². The van der Waals surface area contributed by atoms with E-state index in [1.165, 1.54) is 12.8 Å². The minimum Gasteiger partial charge on any atom is -0.301 e. The minimum atomic E-state index is 0.342. The number of carbonyl (C=O) groups is 1. The van der Waals surface area contributed by atoms with E-state index in [9.17, 15) is 4.79 Å². The van der Waals surface area contributed by atoms with Crippen LogP contribution < -0.4 is 0 Å². The third kappa shape index (κ3) is 2.80. The Kier molecular flexibility index (Phi) is 3.48. The molecule has 0 N–H and O–H groups in total. The van der Waals surface area contributed by atoms with Gasteiger partial charge in [-0.15, -0.1) is 0 Å². The molecule has 0 amide bonds. The van der Waals surface area contributed by atoms with E-state index in [1.807, 2.05) is 0 Å². The van der Waals surface area contributed by atoms with Crippen LogP contribution in [0.4, 0.5) is 0 Å². The van der Waals surface area contributed by atoms with Crippen molar-refractivity contribution in [3.63, 3.8) is 0 Å². The summed E-state index contributed by atoms with van der Waals surface area (Å²) in [4.78, 5) is 13.4. The summed E-state index contributed by atoms with van der Waals surface area (Å²) in [7, 11) is 2.18. The summed E-state index contributed by atoms with van der Waals surface area (Å²) in [6, 6.07) is 1.26. The van der Waals surface area contributed by atoms with Gasteiger partial charge in [0.2, 0.25) is 0 Å². The van der Waals surface area contributed by atoms with Gasteiger partial charge in [0.1, 0.15) is 5.78 Å². The number of piperidine rings is 1. The van der Waals surface area contributed by atoms with Crippen LogP contribution in [0.5, 0.6) is 0 Å². The second kappa shape index (κ2) is 4.23. The van der Waals surface area contributed by atoms with Crippen molar-refractivity contribution in [1.29, 1.82) is 0 Å². The van der Waals surface area contributed by atoms with E-state index in [2.05, 4.69) is 25.8 Å². The van der Waals surface area contributed by atoms with Gasteiger partial charge in [-0.25, -0.2) is 0 Å². The molecular weight excluding hydrogens is 162 g/mol. The molecule has 2 atom stereocenters. The lowest BCUT2D eigenvalue weighted by atomic mass is 9.84. The standard InChI is InChI=1S/C11H21NO/c1-8-5-11(7-10(3)13)6-9(2)12(8)4/h8-9,11H,5-7H2,1-4H3. The summed E-state index contributed by atoms with van der Waals surface area (Å²) in [6.07, 6.45) is 3.14. The summed E-state index contributed by atoms with van der Waals surface area (Å²) in [5, 5.41) is 0. The lowest BCUT2D eigenvalue weighted by Gasteiger charge is -2.40. The average molecular weight is 183 g/mol. The third-order valence-electron chi connectivity index (χ3n) is 3.32. The van der Waals surface area contributed by atoms with Crippen molar-refractivity contribution in [3.8, 4) is 0 Å². The monoisotopic (exact) mass is 183 g/mol. The number of ketones is 1.